The minimum absolute atomic E-state index is 0.0133. The van der Waals surface area contributed by atoms with E-state index in [0.29, 0.717) is 10.8 Å². The van der Waals surface area contributed by atoms with Crippen molar-refractivity contribution in [3.63, 3.8) is 0 Å². The molecule has 0 saturated heterocycles. The maximum absolute atomic E-state index is 13.4. The van der Waals surface area contributed by atoms with E-state index in [1.165, 1.54) is 24.4 Å². The van der Waals surface area contributed by atoms with Crippen molar-refractivity contribution < 1.29 is 23.1 Å². The van der Waals surface area contributed by atoms with Crippen molar-refractivity contribution in [1.29, 1.82) is 0 Å². The van der Waals surface area contributed by atoms with Crippen LogP contribution >= 0.6 is 11.6 Å². The highest BCUT2D eigenvalue weighted by molar-refractivity contribution is 6.30. The Hall–Kier alpha value is -2.86. The van der Waals surface area contributed by atoms with E-state index >= 15 is 0 Å². The van der Waals surface area contributed by atoms with Gasteiger partial charge in [-0.15, -0.1) is 0 Å². The molecule has 0 N–H and O–H groups in total. The van der Waals surface area contributed by atoms with E-state index in [1.807, 2.05) is 0 Å². The largest absolute Gasteiger partial charge is 0.479 e. The average Bonchev–Trinajstić information content (AvgIpc) is 3.09. The molecule has 3 rings (SSSR count). The van der Waals surface area contributed by atoms with Crippen molar-refractivity contribution in [3.8, 4) is 17.1 Å². The van der Waals surface area contributed by atoms with Gasteiger partial charge >= 0.3 is 5.97 Å². The highest BCUT2D eigenvalue weighted by Crippen LogP contribution is 2.22. The lowest BCUT2D eigenvalue weighted by atomic mass is 10.2. The first-order valence-electron chi connectivity index (χ1n) is 7.35. The lowest BCUT2D eigenvalue weighted by molar-refractivity contribution is -0.148. The number of hydrogen-bond donors (Lipinski definition) is 0. The van der Waals surface area contributed by atoms with Gasteiger partial charge in [-0.2, -0.15) is 0 Å². The van der Waals surface area contributed by atoms with Crippen LogP contribution in [0.4, 0.5) is 4.39 Å². The minimum Gasteiger partial charge on any atom is -0.479 e. The number of halogens is 2. The van der Waals surface area contributed by atoms with Crippen LogP contribution in [0, 0.1) is 5.82 Å². The molecule has 0 aliphatic rings. The molecule has 0 fully saturated rings. The van der Waals surface area contributed by atoms with Crippen molar-refractivity contribution in [2.45, 2.75) is 6.61 Å². The average molecular weight is 362 g/mol. The lowest BCUT2D eigenvalue weighted by Gasteiger charge is -2.06. The van der Waals surface area contributed by atoms with Crippen LogP contribution in [0.1, 0.15) is 5.89 Å². The monoisotopic (exact) mass is 361 g/mol. The standard InChI is InChI=1S/C18H13ClFNO4/c19-13-7-5-12(6-8-13)16-9-21-17(25-16)10-24-18(22)11-23-15-4-2-1-3-14(15)20/h1-9H,10-11H2. The number of aromatic nitrogens is 1. The van der Waals surface area contributed by atoms with Crippen molar-refractivity contribution >= 4 is 17.6 Å². The zero-order valence-electron chi connectivity index (χ0n) is 12.9. The molecule has 3 aromatic rings. The van der Waals surface area contributed by atoms with Gasteiger partial charge in [-0.1, -0.05) is 23.7 Å². The molecule has 0 aliphatic carbocycles. The fourth-order valence-corrected chi connectivity index (χ4v) is 2.13. The highest BCUT2D eigenvalue weighted by atomic mass is 35.5. The van der Waals surface area contributed by atoms with Crippen molar-refractivity contribution in [3.05, 3.63) is 71.5 Å². The van der Waals surface area contributed by atoms with Gasteiger partial charge in [-0.25, -0.2) is 14.2 Å². The maximum atomic E-state index is 13.4. The molecule has 0 amide bonds. The maximum Gasteiger partial charge on any atom is 0.344 e. The number of ether oxygens (including phenoxy) is 2. The zero-order valence-corrected chi connectivity index (χ0v) is 13.7. The molecule has 0 aliphatic heterocycles. The molecule has 1 heterocycles. The molecule has 0 unspecified atom stereocenters. The molecule has 0 atom stereocenters. The number of benzene rings is 2. The van der Waals surface area contributed by atoms with Crippen LogP contribution in [0.2, 0.25) is 5.02 Å². The summed E-state index contributed by atoms with van der Waals surface area (Å²) in [7, 11) is 0. The summed E-state index contributed by atoms with van der Waals surface area (Å²) in [6, 6.07) is 12.9. The van der Waals surface area contributed by atoms with E-state index in [-0.39, 0.29) is 18.2 Å². The van der Waals surface area contributed by atoms with Gasteiger partial charge in [-0.3, -0.25) is 0 Å². The molecule has 0 spiro atoms. The van der Waals surface area contributed by atoms with Crippen molar-refractivity contribution in [1.82, 2.24) is 4.98 Å². The van der Waals surface area contributed by atoms with Gasteiger partial charge in [0.05, 0.1) is 6.20 Å². The van der Waals surface area contributed by atoms with E-state index in [0.717, 1.165) is 5.56 Å². The normalized spacial score (nSPS) is 10.5. The summed E-state index contributed by atoms with van der Waals surface area (Å²) in [6.45, 7) is -0.557. The number of para-hydroxylation sites is 1. The van der Waals surface area contributed by atoms with E-state index in [4.69, 9.17) is 25.5 Å². The van der Waals surface area contributed by atoms with E-state index in [2.05, 4.69) is 4.98 Å². The molecule has 0 radical (unpaired) electrons. The first kappa shape index (κ1) is 17.0. The molecule has 7 heteroatoms. The van der Waals surface area contributed by atoms with E-state index in [9.17, 15) is 9.18 Å². The summed E-state index contributed by atoms with van der Waals surface area (Å²) < 4.78 is 28.9. The predicted molar refractivity (Wildman–Crippen MR) is 88.6 cm³/mol. The first-order valence-corrected chi connectivity index (χ1v) is 7.73. The van der Waals surface area contributed by atoms with Crippen LogP contribution < -0.4 is 4.74 Å². The third-order valence-electron chi connectivity index (χ3n) is 3.22. The van der Waals surface area contributed by atoms with Crippen LogP contribution in [0.5, 0.6) is 5.75 Å². The van der Waals surface area contributed by atoms with Crippen LogP contribution in [0.15, 0.2) is 59.1 Å². The fraction of sp³-hybridized carbons (Fsp3) is 0.111. The minimum atomic E-state index is -0.658. The van der Waals surface area contributed by atoms with Crippen LogP contribution in [0.25, 0.3) is 11.3 Å². The second-order valence-corrected chi connectivity index (χ2v) is 5.44. The number of rotatable bonds is 6. The number of hydrogen-bond acceptors (Lipinski definition) is 5. The number of esters is 1. The Morgan fingerprint density at radius 2 is 1.92 bits per heavy atom. The van der Waals surface area contributed by atoms with Crippen molar-refractivity contribution in [2.75, 3.05) is 6.61 Å². The molecule has 2 aromatic carbocycles. The van der Waals surface area contributed by atoms with Gasteiger partial charge in [0.1, 0.15) is 0 Å². The van der Waals surface area contributed by atoms with Gasteiger partial charge in [0, 0.05) is 10.6 Å². The highest BCUT2D eigenvalue weighted by Gasteiger charge is 2.11. The zero-order chi connectivity index (χ0) is 17.6. The lowest BCUT2D eigenvalue weighted by Crippen LogP contribution is -2.15. The second kappa shape index (κ2) is 7.81. The summed E-state index contributed by atoms with van der Waals surface area (Å²) in [5, 5.41) is 0.618. The Kier molecular flexibility index (Phi) is 5.30. The first-order chi connectivity index (χ1) is 12.1. The van der Waals surface area contributed by atoms with E-state index in [1.54, 1.807) is 30.3 Å². The molecule has 1 aromatic heterocycles. The van der Waals surface area contributed by atoms with Crippen molar-refractivity contribution in [2.24, 2.45) is 0 Å². The van der Waals surface area contributed by atoms with Gasteiger partial charge in [0.25, 0.3) is 0 Å². The molecule has 0 bridgehead atoms. The Balaban J connectivity index is 1.51. The van der Waals surface area contributed by atoms with E-state index < -0.39 is 18.4 Å². The number of carbonyl (C=O) groups is 1. The topological polar surface area (TPSA) is 61.6 Å². The number of nitrogens with zero attached hydrogens (tertiary/aromatic N) is 1. The van der Waals surface area contributed by atoms with Crippen LogP contribution in [-0.4, -0.2) is 17.6 Å². The molecule has 128 valence electrons. The molecule has 5 nitrogen and oxygen atoms in total. The fourth-order valence-electron chi connectivity index (χ4n) is 2.01. The van der Waals surface area contributed by atoms with Gasteiger partial charge in [0.15, 0.2) is 30.5 Å². The SMILES string of the molecule is O=C(COc1ccccc1F)OCc1ncc(-c2ccc(Cl)cc2)o1. The summed E-state index contributed by atoms with van der Waals surface area (Å²) in [4.78, 5) is 15.7. The smallest absolute Gasteiger partial charge is 0.344 e. The van der Waals surface area contributed by atoms with Crippen LogP contribution in [0.3, 0.4) is 0 Å². The number of carbonyl (C=O) groups excluding carboxylic acids is 1. The summed E-state index contributed by atoms with van der Waals surface area (Å²) in [5.41, 5.74) is 0.803. The van der Waals surface area contributed by atoms with Crippen LogP contribution in [-0.2, 0) is 16.1 Å². The van der Waals surface area contributed by atoms with Gasteiger partial charge in [0.2, 0.25) is 5.89 Å². The molecule has 25 heavy (non-hydrogen) atoms. The third kappa shape index (κ3) is 4.58. The summed E-state index contributed by atoms with van der Waals surface area (Å²) in [5.74, 6) is -0.444. The quantitative estimate of drug-likeness (QED) is 0.614. The summed E-state index contributed by atoms with van der Waals surface area (Å²) in [6.07, 6.45) is 1.53. The molecular formula is C18H13ClFNO4. The van der Waals surface area contributed by atoms with Gasteiger partial charge < -0.3 is 13.9 Å². The Bertz CT molecular complexity index is 864. The Morgan fingerprint density at radius 3 is 2.68 bits per heavy atom. The second-order valence-electron chi connectivity index (χ2n) is 5.00. The molecular weight excluding hydrogens is 349 g/mol. The summed E-state index contributed by atoms with van der Waals surface area (Å²) >= 11 is 5.83. The van der Waals surface area contributed by atoms with Gasteiger partial charge in [-0.05, 0) is 36.4 Å². The Labute approximate surface area is 148 Å². The predicted octanol–water partition coefficient (Wildman–Crippen LogP) is 4.26. The third-order valence-corrected chi connectivity index (χ3v) is 3.47. The molecule has 0 saturated carbocycles. The Morgan fingerprint density at radius 1 is 1.16 bits per heavy atom. The number of oxazole rings is 1.